The van der Waals surface area contributed by atoms with E-state index in [0.29, 0.717) is 13.2 Å². The van der Waals surface area contributed by atoms with Crippen LogP contribution in [0.4, 0.5) is 0 Å². The summed E-state index contributed by atoms with van der Waals surface area (Å²) < 4.78 is 5.07. The monoisotopic (exact) mass is 301 g/mol. The second-order valence-electron chi connectivity index (χ2n) is 5.77. The van der Waals surface area contributed by atoms with E-state index >= 15 is 0 Å². The van der Waals surface area contributed by atoms with E-state index in [0.717, 1.165) is 5.56 Å². The van der Waals surface area contributed by atoms with Crippen molar-refractivity contribution >= 4 is 11.5 Å². The van der Waals surface area contributed by atoms with Gasteiger partial charge in [-0.3, -0.25) is 10.1 Å². The Morgan fingerprint density at radius 2 is 1.91 bits per heavy atom. The Hall–Kier alpha value is -1.87. The van der Waals surface area contributed by atoms with Crippen LogP contribution in [0.15, 0.2) is 42.5 Å². The maximum Gasteiger partial charge on any atom is 0.325 e. The van der Waals surface area contributed by atoms with Crippen LogP contribution >= 0.6 is 0 Å². The topological polar surface area (TPSA) is 38.3 Å². The third kappa shape index (κ3) is 5.49. The largest absolute Gasteiger partial charge is 0.465 e. The van der Waals surface area contributed by atoms with Crippen LogP contribution in [0.25, 0.3) is 5.57 Å². The smallest absolute Gasteiger partial charge is 0.325 e. The van der Waals surface area contributed by atoms with Gasteiger partial charge in [0.2, 0.25) is 0 Å². The van der Waals surface area contributed by atoms with E-state index in [1.807, 2.05) is 39.8 Å². The van der Waals surface area contributed by atoms with Gasteiger partial charge in [-0.2, -0.15) is 0 Å². The highest BCUT2D eigenvalue weighted by atomic mass is 16.5. The molecule has 0 saturated heterocycles. The average Bonchev–Trinajstić information content (AvgIpc) is 2.51. The zero-order chi connectivity index (χ0) is 16.6. The van der Waals surface area contributed by atoms with Crippen LogP contribution in [0, 0.1) is 0 Å². The molecule has 0 aromatic heterocycles. The number of carbonyl (C=O) groups is 1. The maximum absolute atomic E-state index is 11.8. The summed E-state index contributed by atoms with van der Waals surface area (Å²) in [4.78, 5) is 11.8. The molecule has 1 N–H and O–H groups in total. The Kier molecular flexibility index (Phi) is 7.06. The minimum absolute atomic E-state index is 0.225. The van der Waals surface area contributed by atoms with Crippen LogP contribution in [0.1, 0.15) is 45.7 Å². The van der Waals surface area contributed by atoms with Crippen LogP contribution in [0.2, 0.25) is 0 Å². The molecule has 1 aromatic rings. The van der Waals surface area contributed by atoms with Gasteiger partial charge >= 0.3 is 5.97 Å². The predicted octanol–water partition coefficient (Wildman–Crippen LogP) is 4.10. The molecule has 0 bridgehead atoms. The number of allylic oxidation sites excluding steroid dienone is 4. The number of ether oxygens (including phenoxy) is 1. The molecule has 0 unspecified atom stereocenters. The Morgan fingerprint density at radius 3 is 2.45 bits per heavy atom. The van der Waals surface area contributed by atoms with Crippen molar-refractivity contribution < 1.29 is 9.53 Å². The fourth-order valence-electron chi connectivity index (χ4n) is 1.93. The number of nitrogens with one attached hydrogen (secondary N) is 1. The second kappa shape index (κ2) is 8.54. The van der Waals surface area contributed by atoms with Crippen molar-refractivity contribution in [3.8, 4) is 0 Å². The van der Waals surface area contributed by atoms with Gasteiger partial charge in [0.25, 0.3) is 0 Å². The van der Waals surface area contributed by atoms with Gasteiger partial charge in [0.15, 0.2) is 0 Å². The molecule has 0 aliphatic heterocycles. The molecule has 0 heterocycles. The highest BCUT2D eigenvalue weighted by Gasteiger charge is 2.28. The van der Waals surface area contributed by atoms with E-state index < -0.39 is 5.54 Å². The number of rotatable bonds is 7. The maximum atomic E-state index is 11.8. The summed E-state index contributed by atoms with van der Waals surface area (Å²) in [6.45, 7) is 10.6. The number of hydrogen-bond donors (Lipinski definition) is 1. The quantitative estimate of drug-likeness (QED) is 0.609. The van der Waals surface area contributed by atoms with E-state index in [9.17, 15) is 4.79 Å². The van der Waals surface area contributed by atoms with Crippen LogP contribution < -0.4 is 5.32 Å². The highest BCUT2D eigenvalue weighted by molar-refractivity contribution is 5.79. The first-order chi connectivity index (χ1) is 10.4. The van der Waals surface area contributed by atoms with Crippen LogP contribution in [-0.4, -0.2) is 18.1 Å². The van der Waals surface area contributed by atoms with Crippen molar-refractivity contribution in [2.45, 2.75) is 46.7 Å². The normalized spacial score (nSPS) is 12.7. The molecule has 0 spiro atoms. The predicted molar refractivity (Wildman–Crippen MR) is 92.5 cm³/mol. The summed E-state index contributed by atoms with van der Waals surface area (Å²) in [5, 5.41) is 3.24. The molecule has 3 heteroatoms. The van der Waals surface area contributed by atoms with Crippen LogP contribution in [-0.2, 0) is 16.1 Å². The summed E-state index contributed by atoms with van der Waals surface area (Å²) in [5.41, 5.74) is 2.88. The van der Waals surface area contributed by atoms with Crippen molar-refractivity contribution in [3.05, 3.63) is 53.6 Å². The molecule has 0 radical (unpaired) electrons. The van der Waals surface area contributed by atoms with Crippen LogP contribution in [0.5, 0.6) is 0 Å². The van der Waals surface area contributed by atoms with Gasteiger partial charge in [0, 0.05) is 6.54 Å². The zero-order valence-electron chi connectivity index (χ0n) is 14.3. The van der Waals surface area contributed by atoms with Gasteiger partial charge in [-0.25, -0.2) is 0 Å². The summed E-state index contributed by atoms with van der Waals surface area (Å²) in [6, 6.07) is 8.36. The fraction of sp³-hybridized carbons (Fsp3) is 0.421. The molecule has 0 aliphatic carbocycles. The lowest BCUT2D eigenvalue weighted by molar-refractivity contribution is -0.149. The van der Waals surface area contributed by atoms with Gasteiger partial charge < -0.3 is 4.74 Å². The van der Waals surface area contributed by atoms with E-state index in [1.54, 1.807) is 0 Å². The molecule has 0 atom stereocenters. The van der Waals surface area contributed by atoms with Crippen molar-refractivity contribution in [2.24, 2.45) is 0 Å². The first-order valence-electron chi connectivity index (χ1n) is 7.72. The SMILES string of the molecule is C/C=C\C=C(/C)c1ccc(CNC(C)(C)C(=O)OCC)cc1. The van der Waals surface area contributed by atoms with E-state index in [2.05, 4.69) is 42.6 Å². The molecule has 0 fully saturated rings. The van der Waals surface area contributed by atoms with Crippen molar-refractivity contribution in [1.82, 2.24) is 5.32 Å². The van der Waals surface area contributed by atoms with Gasteiger partial charge in [-0.15, -0.1) is 0 Å². The highest BCUT2D eigenvalue weighted by Crippen LogP contribution is 2.15. The Morgan fingerprint density at radius 1 is 1.27 bits per heavy atom. The molecule has 0 aliphatic rings. The Balaban J connectivity index is 2.67. The van der Waals surface area contributed by atoms with Gasteiger partial charge in [-0.05, 0) is 51.3 Å². The molecule has 0 amide bonds. The molecular weight excluding hydrogens is 274 g/mol. The van der Waals surface area contributed by atoms with Gasteiger partial charge in [0.1, 0.15) is 5.54 Å². The first kappa shape index (κ1) is 18.2. The molecule has 120 valence electrons. The van der Waals surface area contributed by atoms with E-state index in [1.165, 1.54) is 11.1 Å². The molecular formula is C19H27NO2. The standard InChI is InChI=1S/C19H27NO2/c1-6-8-9-15(3)17-12-10-16(11-13-17)14-20-19(4,5)18(21)22-7-2/h6,8-13,20H,7,14H2,1-5H3/b8-6-,15-9+. The zero-order valence-corrected chi connectivity index (χ0v) is 14.3. The summed E-state index contributed by atoms with van der Waals surface area (Å²) >= 11 is 0. The first-order valence-corrected chi connectivity index (χ1v) is 7.72. The third-order valence-corrected chi connectivity index (χ3v) is 3.47. The fourth-order valence-corrected chi connectivity index (χ4v) is 1.93. The molecule has 1 aromatic carbocycles. The summed E-state index contributed by atoms with van der Waals surface area (Å²) in [7, 11) is 0. The van der Waals surface area contributed by atoms with E-state index in [4.69, 9.17) is 4.74 Å². The second-order valence-corrected chi connectivity index (χ2v) is 5.77. The van der Waals surface area contributed by atoms with Crippen LogP contribution in [0.3, 0.4) is 0 Å². The van der Waals surface area contributed by atoms with E-state index in [-0.39, 0.29) is 5.97 Å². The molecule has 22 heavy (non-hydrogen) atoms. The number of benzene rings is 1. The Labute approximate surface area is 134 Å². The molecule has 1 rings (SSSR count). The molecule has 0 saturated carbocycles. The lowest BCUT2D eigenvalue weighted by Crippen LogP contribution is -2.47. The van der Waals surface area contributed by atoms with Crippen molar-refractivity contribution in [2.75, 3.05) is 6.61 Å². The number of hydrogen-bond acceptors (Lipinski definition) is 3. The minimum Gasteiger partial charge on any atom is -0.465 e. The van der Waals surface area contributed by atoms with Crippen molar-refractivity contribution in [3.63, 3.8) is 0 Å². The lowest BCUT2D eigenvalue weighted by Gasteiger charge is -2.24. The lowest BCUT2D eigenvalue weighted by atomic mass is 10.0. The number of esters is 1. The summed E-state index contributed by atoms with van der Waals surface area (Å²) in [5.74, 6) is -0.225. The Bertz CT molecular complexity index is 539. The molecule has 3 nitrogen and oxygen atoms in total. The van der Waals surface area contributed by atoms with Gasteiger partial charge in [-0.1, -0.05) is 42.5 Å². The minimum atomic E-state index is -0.684. The average molecular weight is 301 g/mol. The summed E-state index contributed by atoms with van der Waals surface area (Å²) in [6.07, 6.45) is 6.14. The van der Waals surface area contributed by atoms with Crippen molar-refractivity contribution in [1.29, 1.82) is 0 Å². The van der Waals surface area contributed by atoms with Gasteiger partial charge in [0.05, 0.1) is 6.61 Å². The third-order valence-electron chi connectivity index (χ3n) is 3.47. The number of carbonyl (C=O) groups excluding carboxylic acids is 1.